The van der Waals surface area contributed by atoms with Gasteiger partial charge in [0.25, 0.3) is 5.91 Å². The average Bonchev–Trinajstić information content (AvgIpc) is 3.42. The molecule has 0 unspecified atom stereocenters. The number of benzene rings is 3. The fraction of sp³-hybridized carbons (Fsp3) is 0.258. The van der Waals surface area contributed by atoms with E-state index in [2.05, 4.69) is 24.1 Å². The molecule has 3 aromatic carbocycles. The molecule has 1 aromatic heterocycles. The van der Waals surface area contributed by atoms with Crippen molar-refractivity contribution in [1.29, 1.82) is 0 Å². The topological polar surface area (TPSA) is 45.9 Å². The Labute approximate surface area is 217 Å². The second-order valence-electron chi connectivity index (χ2n) is 9.65. The number of carbonyl (C=O) groups is 1. The zero-order valence-corrected chi connectivity index (χ0v) is 21.0. The highest BCUT2D eigenvalue weighted by molar-refractivity contribution is 5.94. The maximum absolute atomic E-state index is 13.5. The number of amides is 1. The zero-order chi connectivity index (χ0) is 25.6. The first-order chi connectivity index (χ1) is 18.0. The van der Waals surface area contributed by atoms with Gasteiger partial charge in [-0.3, -0.25) is 9.69 Å². The van der Waals surface area contributed by atoms with Crippen LogP contribution in [0.15, 0.2) is 95.8 Å². The summed E-state index contributed by atoms with van der Waals surface area (Å²) in [6.07, 6.45) is 5.13. The second-order valence-corrected chi connectivity index (χ2v) is 9.65. The van der Waals surface area contributed by atoms with Crippen molar-refractivity contribution in [2.75, 3.05) is 20.1 Å². The quantitative estimate of drug-likeness (QED) is 0.282. The van der Waals surface area contributed by atoms with Crippen LogP contribution in [0.1, 0.15) is 34.3 Å². The minimum Gasteiger partial charge on any atom is -0.490 e. The van der Waals surface area contributed by atoms with E-state index in [1.807, 2.05) is 53.4 Å². The van der Waals surface area contributed by atoms with E-state index in [1.54, 1.807) is 18.6 Å². The first-order valence-electron chi connectivity index (χ1n) is 12.6. The van der Waals surface area contributed by atoms with Crippen LogP contribution in [-0.4, -0.2) is 41.9 Å². The Morgan fingerprint density at radius 2 is 1.70 bits per heavy atom. The maximum atomic E-state index is 13.5. The van der Waals surface area contributed by atoms with Gasteiger partial charge in [0.15, 0.2) is 0 Å². The molecule has 6 heteroatoms. The number of hydrogen-bond acceptors (Lipinski definition) is 4. The number of carbonyl (C=O) groups excluding carboxylic acids is 1. The molecule has 1 saturated heterocycles. The van der Waals surface area contributed by atoms with E-state index >= 15 is 0 Å². The highest BCUT2D eigenvalue weighted by atomic mass is 19.1. The van der Waals surface area contributed by atoms with Gasteiger partial charge in [-0.25, -0.2) is 4.39 Å². The number of likely N-dealkylation sites (tertiary alicyclic amines) is 1. The van der Waals surface area contributed by atoms with Crippen molar-refractivity contribution in [1.82, 2.24) is 9.80 Å². The highest BCUT2D eigenvalue weighted by Crippen LogP contribution is 2.24. The smallest absolute Gasteiger partial charge is 0.253 e. The largest absolute Gasteiger partial charge is 0.490 e. The number of piperidine rings is 1. The number of hydrogen-bond donors (Lipinski definition) is 0. The van der Waals surface area contributed by atoms with E-state index < -0.39 is 0 Å². The monoisotopic (exact) mass is 498 g/mol. The van der Waals surface area contributed by atoms with E-state index in [0.717, 1.165) is 48.4 Å². The molecule has 1 amide bonds. The number of furan rings is 1. The molecule has 4 aromatic rings. The van der Waals surface area contributed by atoms with E-state index in [0.29, 0.717) is 18.7 Å². The SMILES string of the molecule is CN(Cc1ccoc1)Cc1cccc(OC2CCN(C(=O)c3ccc(-c4cccc(F)c4)cc3)CC2)c1. The standard InChI is InChI=1S/C31H31FN2O3/c1-33(21-24-14-17-36-22-24)20-23-4-2-7-30(18-23)37-29-12-15-34(16-13-29)31(35)26-10-8-25(9-11-26)27-5-3-6-28(32)19-27/h2-11,14,17-19,22,29H,12-13,15-16,20-21H2,1H3. The molecule has 37 heavy (non-hydrogen) atoms. The number of ether oxygens (including phenoxy) is 1. The van der Waals surface area contributed by atoms with Crippen molar-refractivity contribution in [3.8, 4) is 16.9 Å². The molecule has 5 nitrogen and oxygen atoms in total. The minimum atomic E-state index is -0.271. The van der Waals surface area contributed by atoms with Crippen LogP contribution in [0.25, 0.3) is 11.1 Å². The molecule has 190 valence electrons. The molecular formula is C31H31FN2O3. The van der Waals surface area contributed by atoms with Crippen LogP contribution >= 0.6 is 0 Å². The second kappa shape index (κ2) is 11.4. The van der Waals surface area contributed by atoms with Crippen LogP contribution in [0.2, 0.25) is 0 Å². The van der Waals surface area contributed by atoms with E-state index in [9.17, 15) is 9.18 Å². The first kappa shape index (κ1) is 24.8. The Hall–Kier alpha value is -3.90. The summed E-state index contributed by atoms with van der Waals surface area (Å²) in [6.45, 7) is 2.94. The maximum Gasteiger partial charge on any atom is 0.253 e. The molecule has 2 heterocycles. The van der Waals surface area contributed by atoms with Gasteiger partial charge in [-0.15, -0.1) is 0 Å². The van der Waals surface area contributed by atoms with Crippen molar-refractivity contribution in [2.24, 2.45) is 0 Å². The summed E-state index contributed by atoms with van der Waals surface area (Å²) < 4.78 is 25.0. The summed E-state index contributed by atoms with van der Waals surface area (Å²) in [7, 11) is 2.09. The van der Waals surface area contributed by atoms with Gasteiger partial charge in [-0.1, -0.05) is 36.4 Å². The van der Waals surface area contributed by atoms with Gasteiger partial charge >= 0.3 is 0 Å². The van der Waals surface area contributed by atoms with Crippen LogP contribution in [0.4, 0.5) is 4.39 Å². The number of nitrogens with zero attached hydrogens (tertiary/aromatic N) is 2. The molecule has 0 aliphatic carbocycles. The van der Waals surface area contributed by atoms with Gasteiger partial charge < -0.3 is 14.1 Å². The summed E-state index contributed by atoms with van der Waals surface area (Å²) in [5.74, 6) is 0.617. The van der Waals surface area contributed by atoms with Gasteiger partial charge in [0, 0.05) is 50.1 Å². The summed E-state index contributed by atoms with van der Waals surface area (Å²) in [5.41, 5.74) is 4.67. The van der Waals surface area contributed by atoms with Crippen molar-refractivity contribution < 1.29 is 18.3 Å². The summed E-state index contributed by atoms with van der Waals surface area (Å²) in [5, 5.41) is 0. The predicted molar refractivity (Wildman–Crippen MR) is 142 cm³/mol. The third-order valence-electron chi connectivity index (χ3n) is 6.71. The van der Waals surface area contributed by atoms with E-state index in [4.69, 9.17) is 9.15 Å². The lowest BCUT2D eigenvalue weighted by Crippen LogP contribution is -2.41. The Morgan fingerprint density at radius 3 is 2.43 bits per heavy atom. The van der Waals surface area contributed by atoms with Gasteiger partial charge in [0.1, 0.15) is 17.7 Å². The van der Waals surface area contributed by atoms with Gasteiger partial charge in [0.05, 0.1) is 12.5 Å². The molecule has 5 rings (SSSR count). The van der Waals surface area contributed by atoms with Crippen LogP contribution < -0.4 is 4.74 Å². The molecule has 0 radical (unpaired) electrons. The van der Waals surface area contributed by atoms with Crippen molar-refractivity contribution in [3.63, 3.8) is 0 Å². The van der Waals surface area contributed by atoms with Gasteiger partial charge in [0.2, 0.25) is 0 Å². The molecule has 0 atom stereocenters. The lowest BCUT2D eigenvalue weighted by molar-refractivity contribution is 0.0595. The zero-order valence-electron chi connectivity index (χ0n) is 21.0. The lowest BCUT2D eigenvalue weighted by atomic mass is 10.0. The summed E-state index contributed by atoms with van der Waals surface area (Å²) in [4.78, 5) is 17.2. The molecule has 0 saturated carbocycles. The molecule has 1 aliphatic rings. The Balaban J connectivity index is 1.12. The van der Waals surface area contributed by atoms with Crippen LogP contribution in [-0.2, 0) is 13.1 Å². The van der Waals surface area contributed by atoms with Crippen LogP contribution in [0.3, 0.4) is 0 Å². The minimum absolute atomic E-state index is 0.0203. The highest BCUT2D eigenvalue weighted by Gasteiger charge is 2.25. The van der Waals surface area contributed by atoms with E-state index in [-0.39, 0.29) is 17.8 Å². The third-order valence-corrected chi connectivity index (χ3v) is 6.71. The molecule has 0 bridgehead atoms. The normalized spacial score (nSPS) is 14.2. The summed E-state index contributed by atoms with van der Waals surface area (Å²) in [6, 6.07) is 24.1. The molecule has 1 fully saturated rings. The molecule has 0 spiro atoms. The van der Waals surface area contributed by atoms with Crippen LogP contribution in [0.5, 0.6) is 5.75 Å². The summed E-state index contributed by atoms with van der Waals surface area (Å²) >= 11 is 0. The van der Waals surface area contributed by atoms with Crippen LogP contribution in [0, 0.1) is 5.82 Å². The Bertz CT molecular complexity index is 1310. The molecule has 1 aliphatic heterocycles. The average molecular weight is 499 g/mol. The number of halogens is 1. The third kappa shape index (κ3) is 6.46. The predicted octanol–water partition coefficient (Wildman–Crippen LogP) is 6.40. The van der Waals surface area contributed by atoms with Gasteiger partial charge in [-0.05, 0) is 66.2 Å². The first-order valence-corrected chi connectivity index (χ1v) is 12.6. The number of rotatable bonds is 8. The van der Waals surface area contributed by atoms with Gasteiger partial charge in [-0.2, -0.15) is 0 Å². The Kier molecular flexibility index (Phi) is 7.66. The van der Waals surface area contributed by atoms with Crippen molar-refractivity contribution in [2.45, 2.75) is 32.0 Å². The fourth-order valence-electron chi connectivity index (χ4n) is 4.80. The fourth-order valence-corrected chi connectivity index (χ4v) is 4.80. The molecular weight excluding hydrogens is 467 g/mol. The van der Waals surface area contributed by atoms with Crippen molar-refractivity contribution >= 4 is 5.91 Å². The van der Waals surface area contributed by atoms with E-state index in [1.165, 1.54) is 17.7 Å². The lowest BCUT2D eigenvalue weighted by Gasteiger charge is -2.32. The molecule has 0 N–H and O–H groups in total. The Morgan fingerprint density at radius 1 is 0.946 bits per heavy atom. The van der Waals surface area contributed by atoms with Crippen molar-refractivity contribution in [3.05, 3.63) is 114 Å².